The summed E-state index contributed by atoms with van der Waals surface area (Å²) in [5.41, 5.74) is 10.0. The first-order chi connectivity index (χ1) is 27.3. The van der Waals surface area contributed by atoms with Crippen LogP contribution in [0.15, 0.2) is 122 Å². The van der Waals surface area contributed by atoms with Crippen LogP contribution in [0.4, 0.5) is 0 Å². The van der Waals surface area contributed by atoms with E-state index in [0.717, 1.165) is 77.2 Å². The highest BCUT2D eigenvalue weighted by atomic mass is 15.1. The van der Waals surface area contributed by atoms with Gasteiger partial charge >= 0.3 is 0 Å². The van der Waals surface area contributed by atoms with Gasteiger partial charge in [-0.05, 0) is 93.9 Å². The van der Waals surface area contributed by atoms with Gasteiger partial charge in [-0.15, -0.1) is 0 Å². The third kappa shape index (κ3) is 5.28. The summed E-state index contributed by atoms with van der Waals surface area (Å²) in [5, 5.41) is 14.4. The number of aromatic nitrogens is 9. The molecule has 0 N–H and O–H groups in total. The van der Waals surface area contributed by atoms with Crippen LogP contribution in [0.3, 0.4) is 0 Å². The Labute approximate surface area is 321 Å². The van der Waals surface area contributed by atoms with Gasteiger partial charge in [0.1, 0.15) is 23.3 Å². The Morgan fingerprint density at radius 2 is 0.911 bits per heavy atom. The van der Waals surface area contributed by atoms with Gasteiger partial charge in [0.05, 0.1) is 57.5 Å². The van der Waals surface area contributed by atoms with Crippen molar-refractivity contribution in [3.8, 4) is 51.3 Å². The van der Waals surface area contributed by atoms with Crippen molar-refractivity contribution in [3.63, 3.8) is 0 Å². The highest BCUT2D eigenvalue weighted by molar-refractivity contribution is 6.13. The number of rotatable bonds is 5. The molecule has 10 heteroatoms. The van der Waals surface area contributed by atoms with Crippen molar-refractivity contribution >= 4 is 43.6 Å². The Kier molecular flexibility index (Phi) is 7.50. The average molecular weight is 725 g/mol. The van der Waals surface area contributed by atoms with Crippen LogP contribution in [0.1, 0.15) is 28.9 Å². The zero-order valence-electron chi connectivity index (χ0n) is 31.0. The first-order valence-corrected chi connectivity index (χ1v) is 18.3. The molecule has 0 radical (unpaired) electrons. The Balaban J connectivity index is 1.28. The number of hydrogen-bond donors (Lipinski definition) is 0. The van der Waals surface area contributed by atoms with Crippen molar-refractivity contribution in [3.05, 3.63) is 150 Å². The van der Waals surface area contributed by atoms with Crippen molar-refractivity contribution < 1.29 is 0 Å². The molecule has 0 aliphatic heterocycles. The van der Waals surface area contributed by atoms with Crippen molar-refractivity contribution in [1.82, 2.24) is 44.0 Å². The molecular formula is C46H32N10. The van der Waals surface area contributed by atoms with Gasteiger partial charge in [0.2, 0.25) is 0 Å². The van der Waals surface area contributed by atoms with Crippen LogP contribution in [0.5, 0.6) is 0 Å². The maximum atomic E-state index is 10.1. The summed E-state index contributed by atoms with van der Waals surface area (Å²) < 4.78 is 4.56. The molecule has 0 unspecified atom stereocenters. The van der Waals surface area contributed by atoms with Crippen LogP contribution in [0.2, 0.25) is 0 Å². The molecule has 0 aliphatic carbocycles. The van der Waals surface area contributed by atoms with Gasteiger partial charge in [-0.3, -0.25) is 4.98 Å². The van der Waals surface area contributed by atoms with Crippen LogP contribution in [0.25, 0.3) is 88.9 Å². The molecule has 10 rings (SSSR count). The van der Waals surface area contributed by atoms with Crippen molar-refractivity contribution in [2.75, 3.05) is 0 Å². The predicted molar refractivity (Wildman–Crippen MR) is 220 cm³/mol. The van der Waals surface area contributed by atoms with E-state index in [1.165, 1.54) is 0 Å². The molecule has 0 saturated heterocycles. The van der Waals surface area contributed by atoms with Gasteiger partial charge in [-0.1, -0.05) is 48.5 Å². The van der Waals surface area contributed by atoms with Crippen molar-refractivity contribution in [2.45, 2.75) is 27.7 Å². The SMILES string of the molecule is Cc1nc(C)nc(-c2ccc3c(c2)c2ccccc2n3-c2cncc(-n3c4ccccc4c4cc(-c5nc(C)nc(C)n5)ccc43)c2-c2cccc(C#N)c2)n1. The third-order valence-electron chi connectivity index (χ3n) is 10.2. The number of aryl methyl sites for hydroxylation is 4. The van der Waals surface area contributed by atoms with Gasteiger partial charge in [0.15, 0.2) is 11.6 Å². The normalized spacial score (nSPS) is 11.6. The lowest BCUT2D eigenvalue weighted by molar-refractivity contribution is 0.928. The van der Waals surface area contributed by atoms with Gasteiger partial charge in [0.25, 0.3) is 0 Å². The molecule has 10 nitrogen and oxygen atoms in total. The maximum absolute atomic E-state index is 10.1. The smallest absolute Gasteiger partial charge is 0.163 e. The van der Waals surface area contributed by atoms with E-state index < -0.39 is 0 Å². The van der Waals surface area contributed by atoms with Crippen LogP contribution >= 0.6 is 0 Å². The van der Waals surface area contributed by atoms with E-state index in [2.05, 4.69) is 136 Å². The lowest BCUT2D eigenvalue weighted by atomic mass is 10.0. The molecule has 5 aromatic heterocycles. The number of para-hydroxylation sites is 2. The summed E-state index contributed by atoms with van der Waals surface area (Å²) in [5.74, 6) is 4.00. The second kappa shape index (κ2) is 12.7. The molecule has 0 spiro atoms. The van der Waals surface area contributed by atoms with Gasteiger partial charge in [-0.25, -0.2) is 29.9 Å². The lowest BCUT2D eigenvalue weighted by Crippen LogP contribution is -2.05. The molecule has 5 heterocycles. The Hall–Kier alpha value is -7.64. The van der Waals surface area contributed by atoms with E-state index in [1.54, 1.807) is 0 Å². The third-order valence-corrected chi connectivity index (χ3v) is 10.2. The quantitative estimate of drug-likeness (QED) is 0.172. The molecule has 0 atom stereocenters. The van der Waals surface area contributed by atoms with Crippen molar-refractivity contribution in [2.24, 2.45) is 0 Å². The number of pyridine rings is 1. The fourth-order valence-corrected chi connectivity index (χ4v) is 8.05. The molecule has 0 aliphatic rings. The molecule has 0 bridgehead atoms. The zero-order valence-corrected chi connectivity index (χ0v) is 31.0. The standard InChI is InChI=1S/C46H32N10/c1-26-49-27(2)52-45(51-26)32-16-18-40-36(21-32)34-12-5-7-14-38(34)55(40)42-24-48-25-43(44(42)31-11-9-10-30(20-31)23-47)56-39-15-8-6-13-35(39)37-22-33(17-19-41(37)56)46-53-28(3)50-29(4)54-46/h5-22,24-25H,1-4H3. The van der Waals surface area contributed by atoms with Crippen LogP contribution in [-0.2, 0) is 0 Å². The first-order valence-electron chi connectivity index (χ1n) is 18.3. The number of hydrogen-bond acceptors (Lipinski definition) is 8. The predicted octanol–water partition coefficient (Wildman–Crippen LogP) is 9.75. The summed E-state index contributed by atoms with van der Waals surface area (Å²) in [6.07, 6.45) is 3.85. The maximum Gasteiger partial charge on any atom is 0.163 e. The van der Waals surface area contributed by atoms with Gasteiger partial charge in [0, 0.05) is 38.2 Å². The summed E-state index contributed by atoms with van der Waals surface area (Å²) in [6, 6.07) is 39.7. The van der Waals surface area contributed by atoms with Gasteiger partial charge in [-0.2, -0.15) is 5.26 Å². The Morgan fingerprint density at radius 3 is 1.39 bits per heavy atom. The molecular weight excluding hydrogens is 693 g/mol. The second-order valence-corrected chi connectivity index (χ2v) is 13.9. The van der Waals surface area contributed by atoms with E-state index in [1.807, 2.05) is 58.3 Å². The largest absolute Gasteiger partial charge is 0.307 e. The summed E-state index contributed by atoms with van der Waals surface area (Å²) >= 11 is 0. The Morgan fingerprint density at radius 1 is 0.446 bits per heavy atom. The molecule has 5 aromatic carbocycles. The minimum atomic E-state index is 0.570. The minimum Gasteiger partial charge on any atom is -0.307 e. The van der Waals surface area contributed by atoms with E-state index in [4.69, 9.17) is 4.98 Å². The number of nitriles is 1. The molecule has 0 fully saturated rings. The van der Waals surface area contributed by atoms with Crippen LogP contribution in [-0.4, -0.2) is 44.0 Å². The fraction of sp³-hybridized carbons (Fsp3) is 0.0870. The molecule has 0 amide bonds. The number of nitrogens with zero attached hydrogens (tertiary/aromatic N) is 10. The molecule has 0 saturated carbocycles. The Bertz CT molecular complexity index is 3050. The number of fused-ring (bicyclic) bond motifs is 6. The van der Waals surface area contributed by atoms with E-state index in [9.17, 15) is 5.26 Å². The van der Waals surface area contributed by atoms with Crippen LogP contribution < -0.4 is 0 Å². The summed E-state index contributed by atoms with van der Waals surface area (Å²) in [7, 11) is 0. The fourth-order valence-electron chi connectivity index (χ4n) is 8.05. The molecule has 266 valence electrons. The molecule has 10 aromatic rings. The highest BCUT2D eigenvalue weighted by Crippen LogP contribution is 2.42. The van der Waals surface area contributed by atoms with E-state index >= 15 is 0 Å². The monoisotopic (exact) mass is 724 g/mol. The first kappa shape index (κ1) is 33.0. The van der Waals surface area contributed by atoms with E-state index in [-0.39, 0.29) is 0 Å². The molecule has 56 heavy (non-hydrogen) atoms. The second-order valence-electron chi connectivity index (χ2n) is 13.9. The topological polar surface area (TPSA) is 124 Å². The van der Waals surface area contributed by atoms with E-state index in [0.29, 0.717) is 40.5 Å². The number of benzene rings is 5. The van der Waals surface area contributed by atoms with Crippen molar-refractivity contribution in [1.29, 1.82) is 5.26 Å². The van der Waals surface area contributed by atoms with Gasteiger partial charge < -0.3 is 9.13 Å². The minimum absolute atomic E-state index is 0.570. The lowest BCUT2D eigenvalue weighted by Gasteiger charge is -2.19. The highest BCUT2D eigenvalue weighted by Gasteiger charge is 2.23. The summed E-state index contributed by atoms with van der Waals surface area (Å²) in [4.78, 5) is 32.4. The summed E-state index contributed by atoms with van der Waals surface area (Å²) in [6.45, 7) is 7.55. The average Bonchev–Trinajstić information content (AvgIpc) is 3.72. The van der Waals surface area contributed by atoms with Crippen LogP contribution in [0, 0.1) is 39.0 Å². The zero-order chi connectivity index (χ0) is 38.1.